The second kappa shape index (κ2) is 8.24. The zero-order valence-electron chi connectivity index (χ0n) is 16.6. The van der Waals surface area contributed by atoms with E-state index in [9.17, 15) is 22.4 Å². The van der Waals surface area contributed by atoms with E-state index in [1.807, 2.05) is 0 Å². The fourth-order valence-corrected chi connectivity index (χ4v) is 4.89. The van der Waals surface area contributed by atoms with Crippen LogP contribution in [0, 0.1) is 11.7 Å². The number of nitrogens with zero attached hydrogens (tertiary/aromatic N) is 2. The van der Waals surface area contributed by atoms with Crippen LogP contribution in [0.3, 0.4) is 0 Å². The molecule has 0 radical (unpaired) electrons. The highest BCUT2D eigenvalue weighted by Gasteiger charge is 2.62. The second-order valence-corrected chi connectivity index (χ2v) is 8.34. The number of hydrogen-bond acceptors (Lipinski definition) is 7. The quantitative estimate of drug-likeness (QED) is 0.666. The zero-order valence-corrected chi connectivity index (χ0v) is 17.5. The summed E-state index contributed by atoms with van der Waals surface area (Å²) in [6, 6.07) is 6.61. The van der Waals surface area contributed by atoms with Crippen molar-refractivity contribution in [1.82, 2.24) is 4.98 Å². The highest BCUT2D eigenvalue weighted by atomic mass is 32.2. The van der Waals surface area contributed by atoms with Gasteiger partial charge < -0.3 is 20.5 Å². The molecule has 3 atom stereocenters. The summed E-state index contributed by atoms with van der Waals surface area (Å²) in [6.07, 6.45) is -5.39. The Balaban J connectivity index is 1.68. The van der Waals surface area contributed by atoms with Crippen molar-refractivity contribution < 1.29 is 31.8 Å². The third-order valence-electron chi connectivity index (χ3n) is 5.40. The van der Waals surface area contributed by atoms with Crippen molar-refractivity contribution in [3.63, 3.8) is 0 Å². The number of rotatable bonds is 4. The van der Waals surface area contributed by atoms with Crippen LogP contribution in [0.15, 0.2) is 41.5 Å². The van der Waals surface area contributed by atoms with Crippen molar-refractivity contribution in [3.8, 4) is 5.75 Å². The van der Waals surface area contributed by atoms with Crippen LogP contribution in [0.2, 0.25) is 0 Å². The molecule has 3 unspecified atom stereocenters. The molecular formula is C20H18F4N4O3S. The molecular weight excluding hydrogens is 452 g/mol. The lowest BCUT2D eigenvalue weighted by Gasteiger charge is -2.36. The number of benzene rings is 1. The van der Waals surface area contributed by atoms with Gasteiger partial charge in [-0.1, -0.05) is 11.8 Å². The minimum Gasteiger partial charge on any atom is -0.495 e. The smallest absolute Gasteiger partial charge is 0.415 e. The van der Waals surface area contributed by atoms with Crippen molar-refractivity contribution >= 4 is 28.5 Å². The lowest BCUT2D eigenvalue weighted by atomic mass is 9.78. The Labute approximate surface area is 184 Å². The largest absolute Gasteiger partial charge is 0.495 e. The predicted molar refractivity (Wildman–Crippen MR) is 110 cm³/mol. The van der Waals surface area contributed by atoms with E-state index in [0.29, 0.717) is 5.75 Å². The number of amidine groups is 1. The maximum Gasteiger partial charge on any atom is 0.415 e. The number of aliphatic imine (C=N–C) groups is 1. The molecule has 1 fully saturated rings. The minimum absolute atomic E-state index is 0.0364. The molecule has 0 spiro atoms. The van der Waals surface area contributed by atoms with E-state index in [1.165, 1.54) is 31.5 Å². The number of halogens is 4. The summed E-state index contributed by atoms with van der Waals surface area (Å²) in [7, 11) is 1.46. The molecule has 3 heterocycles. The van der Waals surface area contributed by atoms with E-state index >= 15 is 0 Å². The lowest BCUT2D eigenvalue weighted by Crippen LogP contribution is -2.46. The maximum atomic E-state index is 14.9. The van der Waals surface area contributed by atoms with Gasteiger partial charge in [-0.25, -0.2) is 14.4 Å². The molecule has 2 aromatic rings. The Bertz CT molecular complexity index is 1060. The zero-order chi connectivity index (χ0) is 23.1. The number of fused-ring (bicyclic) bond motifs is 1. The number of thioether (sulfide) groups is 1. The van der Waals surface area contributed by atoms with Crippen molar-refractivity contribution in [2.45, 2.75) is 17.8 Å². The molecule has 12 heteroatoms. The molecule has 2 aliphatic heterocycles. The van der Waals surface area contributed by atoms with Crippen LogP contribution in [-0.4, -0.2) is 47.8 Å². The number of nitrogens with two attached hydrogens (primary N) is 1. The van der Waals surface area contributed by atoms with E-state index in [1.54, 1.807) is 6.07 Å². The van der Waals surface area contributed by atoms with Crippen LogP contribution in [0.5, 0.6) is 5.75 Å². The lowest BCUT2D eigenvalue weighted by molar-refractivity contribution is -0.215. The average Bonchev–Trinajstić information content (AvgIpc) is 3.15. The van der Waals surface area contributed by atoms with Crippen LogP contribution in [0.1, 0.15) is 16.1 Å². The highest BCUT2D eigenvalue weighted by molar-refractivity contribution is 8.13. The molecule has 1 saturated heterocycles. The molecule has 1 aromatic carbocycles. The highest BCUT2D eigenvalue weighted by Crippen LogP contribution is 2.52. The van der Waals surface area contributed by atoms with E-state index in [2.05, 4.69) is 15.3 Å². The van der Waals surface area contributed by atoms with Gasteiger partial charge in [0.2, 0.25) is 0 Å². The van der Waals surface area contributed by atoms with Gasteiger partial charge in [-0.15, -0.1) is 0 Å². The number of carbonyl (C=O) groups is 1. The minimum atomic E-state index is -4.64. The Morgan fingerprint density at radius 3 is 2.78 bits per heavy atom. The molecule has 0 bridgehead atoms. The van der Waals surface area contributed by atoms with Gasteiger partial charge in [0.05, 0.1) is 19.9 Å². The van der Waals surface area contributed by atoms with Gasteiger partial charge in [-0.3, -0.25) is 4.79 Å². The maximum absolute atomic E-state index is 14.9. The number of aromatic nitrogens is 1. The molecule has 2 aliphatic rings. The van der Waals surface area contributed by atoms with Crippen LogP contribution in [0.25, 0.3) is 0 Å². The summed E-state index contributed by atoms with van der Waals surface area (Å²) >= 11 is 0.966. The van der Waals surface area contributed by atoms with Crippen molar-refractivity contribution in [1.29, 1.82) is 0 Å². The summed E-state index contributed by atoms with van der Waals surface area (Å²) in [5.74, 6) is -2.11. The van der Waals surface area contributed by atoms with Crippen molar-refractivity contribution in [3.05, 3.63) is 53.6 Å². The number of methoxy groups -OCH3 is 1. The van der Waals surface area contributed by atoms with Crippen LogP contribution < -0.4 is 15.8 Å². The summed E-state index contributed by atoms with van der Waals surface area (Å²) in [4.78, 5) is 20.7. The van der Waals surface area contributed by atoms with E-state index < -0.39 is 42.1 Å². The molecule has 170 valence electrons. The summed E-state index contributed by atoms with van der Waals surface area (Å²) in [6.45, 7) is -0.489. The Morgan fingerprint density at radius 2 is 2.12 bits per heavy atom. The first-order valence-corrected chi connectivity index (χ1v) is 10.4. The third kappa shape index (κ3) is 3.99. The van der Waals surface area contributed by atoms with Crippen molar-refractivity contribution in [2.24, 2.45) is 16.6 Å². The van der Waals surface area contributed by atoms with Gasteiger partial charge >= 0.3 is 6.18 Å². The first-order chi connectivity index (χ1) is 15.1. The van der Waals surface area contributed by atoms with E-state index in [4.69, 9.17) is 15.2 Å². The number of amides is 1. The topological polar surface area (TPSA) is 98.8 Å². The standard InChI is InChI=1S/C20H18F4N4O3S/c1-30-11-3-5-15(26-7-11)17(29)27-10-2-4-14(21)12(6-10)19-9-31-16(20(22,23)24)13(19)8-32-18(25)28-19/h2-7,13,16H,8-9H2,1H3,(H2,25,28)(H,27,29). The number of ether oxygens (including phenoxy) is 2. The molecule has 4 rings (SSSR count). The Kier molecular flexibility index (Phi) is 5.76. The summed E-state index contributed by atoms with van der Waals surface area (Å²) in [5.41, 5.74) is 4.26. The normalized spacial score (nSPS) is 25.1. The Hall–Kier alpha value is -2.86. The first kappa shape index (κ1) is 22.3. The van der Waals surface area contributed by atoms with E-state index in [-0.39, 0.29) is 27.9 Å². The van der Waals surface area contributed by atoms with E-state index in [0.717, 1.165) is 17.8 Å². The number of anilines is 1. The Morgan fingerprint density at radius 1 is 1.34 bits per heavy atom. The van der Waals surface area contributed by atoms with Crippen molar-refractivity contribution in [2.75, 3.05) is 24.8 Å². The van der Waals surface area contributed by atoms with Gasteiger partial charge in [0, 0.05) is 22.9 Å². The predicted octanol–water partition coefficient (Wildman–Crippen LogP) is 3.32. The number of nitrogens with one attached hydrogen (secondary N) is 1. The molecule has 3 N–H and O–H groups in total. The number of alkyl halides is 3. The summed E-state index contributed by atoms with van der Waals surface area (Å²) < 4.78 is 65.5. The van der Waals surface area contributed by atoms with Gasteiger partial charge in [-0.05, 0) is 30.3 Å². The van der Waals surface area contributed by atoms with Crippen LogP contribution in [0.4, 0.5) is 23.2 Å². The molecule has 0 aliphatic carbocycles. The summed E-state index contributed by atoms with van der Waals surface area (Å²) in [5, 5.41) is 2.62. The molecule has 0 saturated carbocycles. The van der Waals surface area contributed by atoms with Gasteiger partial charge in [-0.2, -0.15) is 13.2 Å². The second-order valence-electron chi connectivity index (χ2n) is 7.30. The fraction of sp³-hybridized carbons (Fsp3) is 0.350. The molecule has 32 heavy (non-hydrogen) atoms. The first-order valence-electron chi connectivity index (χ1n) is 9.42. The number of pyridine rings is 1. The number of carbonyl (C=O) groups excluding carboxylic acids is 1. The third-order valence-corrected chi connectivity index (χ3v) is 6.31. The average molecular weight is 470 g/mol. The monoisotopic (exact) mass is 470 g/mol. The van der Waals surface area contributed by atoms with Gasteiger partial charge in [0.25, 0.3) is 5.91 Å². The van der Waals surface area contributed by atoms with Gasteiger partial charge in [0.15, 0.2) is 11.3 Å². The van der Waals surface area contributed by atoms with Crippen LogP contribution in [-0.2, 0) is 10.3 Å². The van der Waals surface area contributed by atoms with Gasteiger partial charge in [0.1, 0.15) is 22.8 Å². The fourth-order valence-electron chi connectivity index (χ4n) is 3.86. The molecule has 1 amide bonds. The molecule has 1 aromatic heterocycles. The SMILES string of the molecule is COc1ccc(C(=O)Nc2ccc(F)c(C34COC(C(F)(F)F)C3CSC(N)=N4)c2)nc1. The van der Waals surface area contributed by atoms with Crippen LogP contribution >= 0.6 is 11.8 Å². The molecule has 7 nitrogen and oxygen atoms in total. The number of hydrogen-bond donors (Lipinski definition) is 2.